The third-order valence-electron chi connectivity index (χ3n) is 9.05. The largest absolute Gasteiger partial charge is 0.341 e. The van der Waals surface area contributed by atoms with Crippen LogP contribution in [0.5, 0.6) is 0 Å². The summed E-state index contributed by atoms with van der Waals surface area (Å²) in [5.41, 5.74) is 13.6. The van der Waals surface area contributed by atoms with Crippen LogP contribution in [0.25, 0.3) is 54.9 Å². The van der Waals surface area contributed by atoms with E-state index in [0.717, 1.165) is 0 Å². The number of anilines is 4. The molecule has 206 valence electrons. The van der Waals surface area contributed by atoms with Gasteiger partial charge < -0.3 is 9.80 Å². The van der Waals surface area contributed by atoms with E-state index in [1.54, 1.807) is 0 Å². The van der Waals surface area contributed by atoms with Gasteiger partial charge >= 0.3 is 0 Å². The normalized spacial score (nSPS) is 12.4. The van der Waals surface area contributed by atoms with Gasteiger partial charge in [0.15, 0.2) is 0 Å². The molecule has 0 atom stereocenters. The van der Waals surface area contributed by atoms with E-state index in [1.165, 1.54) is 83.2 Å². The van der Waals surface area contributed by atoms with Crippen molar-refractivity contribution < 1.29 is 0 Å². The van der Waals surface area contributed by atoms with Crippen molar-refractivity contribution in [1.29, 1.82) is 0 Å². The lowest BCUT2D eigenvalue weighted by molar-refractivity contribution is 1.10. The lowest BCUT2D eigenvalue weighted by atomic mass is 9.85. The molecular weight excluding hydrogens is 520 g/mol. The highest BCUT2D eigenvalue weighted by atomic mass is 15.2. The SMILES string of the molecule is Cc1ccc2c(-c3ccc(-c4ccccc4)cc3)c3ccccc3c(-c3ccc4c(c3)N(C)c3ccccc3N4C)c2c1. The van der Waals surface area contributed by atoms with Gasteiger partial charge in [0.2, 0.25) is 0 Å². The van der Waals surface area contributed by atoms with Crippen molar-refractivity contribution in [3.63, 3.8) is 0 Å². The molecule has 1 heterocycles. The molecule has 0 saturated carbocycles. The van der Waals surface area contributed by atoms with E-state index in [4.69, 9.17) is 0 Å². The number of nitrogens with zero attached hydrogens (tertiary/aromatic N) is 2. The van der Waals surface area contributed by atoms with Crippen LogP contribution in [0, 0.1) is 6.92 Å². The first kappa shape index (κ1) is 25.4. The summed E-state index contributed by atoms with van der Waals surface area (Å²) in [4.78, 5) is 4.63. The van der Waals surface area contributed by atoms with Crippen LogP contribution < -0.4 is 9.80 Å². The molecule has 0 amide bonds. The second-order valence-corrected chi connectivity index (χ2v) is 11.6. The average Bonchev–Trinajstić information content (AvgIpc) is 3.06. The number of hydrogen-bond acceptors (Lipinski definition) is 2. The standard InChI is InChI=1S/C41H32N2/c1-27-17-23-34-35(25-27)41(31-22-24-38-39(26-31)43(3)37-16-10-9-15-36(37)42(38)2)33-14-8-7-13-32(33)40(34)30-20-18-29(19-21-30)28-11-5-4-6-12-28/h4-26H,1-3H3. The fourth-order valence-corrected chi connectivity index (χ4v) is 6.90. The number of para-hydroxylation sites is 2. The number of rotatable bonds is 3. The first-order valence-corrected chi connectivity index (χ1v) is 14.9. The zero-order valence-electron chi connectivity index (χ0n) is 24.7. The summed E-state index contributed by atoms with van der Waals surface area (Å²) in [5.74, 6) is 0. The number of benzene rings is 7. The zero-order chi connectivity index (χ0) is 29.1. The Morgan fingerprint density at radius 1 is 0.349 bits per heavy atom. The predicted octanol–water partition coefficient (Wildman–Crippen LogP) is 11.2. The molecule has 1 aliphatic rings. The quantitative estimate of drug-likeness (QED) is 0.201. The van der Waals surface area contributed by atoms with Gasteiger partial charge in [-0.2, -0.15) is 0 Å². The molecule has 2 nitrogen and oxygen atoms in total. The molecule has 43 heavy (non-hydrogen) atoms. The summed E-state index contributed by atoms with van der Waals surface area (Å²) in [5, 5.41) is 5.11. The van der Waals surface area contributed by atoms with E-state index in [9.17, 15) is 0 Å². The summed E-state index contributed by atoms with van der Waals surface area (Å²) >= 11 is 0. The van der Waals surface area contributed by atoms with Crippen LogP contribution in [0.2, 0.25) is 0 Å². The van der Waals surface area contributed by atoms with Crippen molar-refractivity contribution in [2.75, 3.05) is 23.9 Å². The highest BCUT2D eigenvalue weighted by Gasteiger charge is 2.25. The summed E-state index contributed by atoms with van der Waals surface area (Å²) in [6.07, 6.45) is 0. The van der Waals surface area contributed by atoms with E-state index in [1.807, 2.05) is 0 Å². The Morgan fingerprint density at radius 2 is 0.837 bits per heavy atom. The Kier molecular flexibility index (Phi) is 5.84. The number of hydrogen-bond donors (Lipinski definition) is 0. The lowest BCUT2D eigenvalue weighted by Gasteiger charge is -2.36. The minimum Gasteiger partial charge on any atom is -0.341 e. The third-order valence-corrected chi connectivity index (χ3v) is 9.05. The van der Waals surface area contributed by atoms with Gasteiger partial charge in [-0.3, -0.25) is 0 Å². The molecule has 0 radical (unpaired) electrons. The molecule has 0 saturated heterocycles. The fraction of sp³-hybridized carbons (Fsp3) is 0.0732. The van der Waals surface area contributed by atoms with Crippen molar-refractivity contribution in [3.05, 3.63) is 145 Å². The van der Waals surface area contributed by atoms with E-state index in [2.05, 4.69) is 170 Å². The summed E-state index contributed by atoms with van der Waals surface area (Å²) in [6.45, 7) is 2.19. The fourth-order valence-electron chi connectivity index (χ4n) is 6.90. The van der Waals surface area contributed by atoms with Crippen LogP contribution in [0.1, 0.15) is 5.56 Å². The van der Waals surface area contributed by atoms with Gasteiger partial charge in [0.05, 0.1) is 22.7 Å². The van der Waals surface area contributed by atoms with E-state index >= 15 is 0 Å². The Bertz CT molecular complexity index is 2160. The van der Waals surface area contributed by atoms with Gasteiger partial charge in [0.25, 0.3) is 0 Å². The summed E-state index contributed by atoms with van der Waals surface area (Å²) in [6, 6.07) is 51.1. The Hall–Kier alpha value is -5.34. The van der Waals surface area contributed by atoms with Crippen molar-refractivity contribution in [2.24, 2.45) is 0 Å². The van der Waals surface area contributed by atoms with Crippen LogP contribution in [0.3, 0.4) is 0 Å². The van der Waals surface area contributed by atoms with Crippen LogP contribution in [-0.2, 0) is 0 Å². The molecule has 0 bridgehead atoms. The molecule has 0 aromatic heterocycles. The van der Waals surface area contributed by atoms with Crippen LogP contribution in [-0.4, -0.2) is 14.1 Å². The van der Waals surface area contributed by atoms with Crippen molar-refractivity contribution in [2.45, 2.75) is 6.92 Å². The lowest BCUT2D eigenvalue weighted by Crippen LogP contribution is -2.24. The minimum atomic E-state index is 1.21. The molecular formula is C41H32N2. The molecule has 7 aromatic carbocycles. The van der Waals surface area contributed by atoms with Gasteiger partial charge in [-0.05, 0) is 86.1 Å². The van der Waals surface area contributed by atoms with Crippen LogP contribution in [0.15, 0.2) is 140 Å². The monoisotopic (exact) mass is 552 g/mol. The van der Waals surface area contributed by atoms with Crippen molar-refractivity contribution in [1.82, 2.24) is 0 Å². The maximum Gasteiger partial charge on any atom is 0.0656 e. The molecule has 7 aromatic rings. The maximum absolute atomic E-state index is 2.37. The molecule has 0 aliphatic carbocycles. The molecule has 2 heteroatoms. The minimum absolute atomic E-state index is 1.21. The first-order chi connectivity index (χ1) is 21.1. The van der Waals surface area contributed by atoms with E-state index in [-0.39, 0.29) is 0 Å². The summed E-state index contributed by atoms with van der Waals surface area (Å²) in [7, 11) is 4.34. The smallest absolute Gasteiger partial charge is 0.0656 e. The van der Waals surface area contributed by atoms with Gasteiger partial charge in [0.1, 0.15) is 0 Å². The molecule has 0 fully saturated rings. The molecule has 1 aliphatic heterocycles. The predicted molar refractivity (Wildman–Crippen MR) is 185 cm³/mol. The summed E-state index contributed by atoms with van der Waals surface area (Å²) < 4.78 is 0. The maximum atomic E-state index is 2.37. The third kappa shape index (κ3) is 4.02. The van der Waals surface area contributed by atoms with Crippen molar-refractivity contribution >= 4 is 44.3 Å². The zero-order valence-corrected chi connectivity index (χ0v) is 24.7. The van der Waals surface area contributed by atoms with Gasteiger partial charge in [0, 0.05) is 14.1 Å². The van der Waals surface area contributed by atoms with E-state index in [0.29, 0.717) is 0 Å². The van der Waals surface area contributed by atoms with Crippen LogP contribution >= 0.6 is 0 Å². The second kappa shape index (κ2) is 9.89. The highest BCUT2D eigenvalue weighted by molar-refractivity contribution is 6.21. The Labute approximate surface area is 253 Å². The molecule has 0 N–H and O–H groups in total. The van der Waals surface area contributed by atoms with Crippen molar-refractivity contribution in [3.8, 4) is 33.4 Å². The average molecular weight is 553 g/mol. The Morgan fingerprint density at radius 3 is 1.53 bits per heavy atom. The van der Waals surface area contributed by atoms with Gasteiger partial charge in [-0.25, -0.2) is 0 Å². The van der Waals surface area contributed by atoms with Crippen LogP contribution in [0.4, 0.5) is 22.7 Å². The number of fused-ring (bicyclic) bond motifs is 4. The topological polar surface area (TPSA) is 6.48 Å². The Balaban J connectivity index is 1.36. The van der Waals surface area contributed by atoms with Gasteiger partial charge in [-0.1, -0.05) is 121 Å². The molecule has 8 rings (SSSR count). The van der Waals surface area contributed by atoms with Gasteiger partial charge in [-0.15, -0.1) is 0 Å². The highest BCUT2D eigenvalue weighted by Crippen LogP contribution is 2.50. The second-order valence-electron chi connectivity index (χ2n) is 11.6. The molecule has 0 unspecified atom stereocenters. The first-order valence-electron chi connectivity index (χ1n) is 14.9. The number of aryl methyl sites for hydroxylation is 1. The van der Waals surface area contributed by atoms with E-state index < -0.39 is 0 Å². The molecule has 0 spiro atoms.